The van der Waals surface area contributed by atoms with Crippen LogP contribution < -0.4 is 0 Å². The van der Waals surface area contributed by atoms with Gasteiger partial charge in [0, 0.05) is 38.0 Å². The van der Waals surface area contributed by atoms with E-state index in [1.54, 1.807) is 11.3 Å². The first-order chi connectivity index (χ1) is 18.5. The third-order valence-corrected chi connectivity index (χ3v) is 7.68. The summed E-state index contributed by atoms with van der Waals surface area (Å²) in [5.74, 6) is 1.08. The van der Waals surface area contributed by atoms with Crippen molar-refractivity contribution in [3.63, 3.8) is 0 Å². The standard InChI is InChI=1S/C17H8N5S.C13H24O2.Ir/c1-4-8-13-10(5-1)9-14(23-13)15-20-16-17(22-21-15)19-12-7-3-2-6-11(12)18-16;1-5-10(6-2)12(14)9-13(15)11(7-3)8-4;/h1-8H;9-11,14H,5-8H2,1-4H3;/q-1;;/b;12-9-;. The number of carbonyl (C=O) groups excluding carboxylic acids is 1. The Morgan fingerprint density at radius 2 is 1.44 bits per heavy atom. The van der Waals surface area contributed by atoms with Crippen LogP contribution in [-0.4, -0.2) is 36.0 Å². The Morgan fingerprint density at radius 3 is 2.05 bits per heavy atom. The number of hydrogen-bond donors (Lipinski definition) is 1. The van der Waals surface area contributed by atoms with Gasteiger partial charge in [-0.3, -0.25) is 9.78 Å². The van der Waals surface area contributed by atoms with Crippen LogP contribution in [-0.2, 0) is 24.9 Å². The van der Waals surface area contributed by atoms with E-state index >= 15 is 0 Å². The van der Waals surface area contributed by atoms with E-state index in [0.29, 0.717) is 17.1 Å². The molecule has 205 valence electrons. The molecule has 0 aliphatic rings. The van der Waals surface area contributed by atoms with Crippen molar-refractivity contribution >= 4 is 49.5 Å². The van der Waals surface area contributed by atoms with Gasteiger partial charge in [0.1, 0.15) is 5.82 Å². The van der Waals surface area contributed by atoms with Crippen molar-refractivity contribution in [1.82, 2.24) is 25.1 Å². The fourth-order valence-corrected chi connectivity index (χ4v) is 5.17. The Hall–Kier alpha value is -3.13. The SMILES string of the molecule is CCC(CC)C(=O)/C=C(\O)C(CC)CC.[Ir].[c-]1c(-c2nnc3nc4ccccc4nc3n2)sc2ccccc12. The molecule has 0 saturated carbocycles. The van der Waals surface area contributed by atoms with Crippen LogP contribution in [0.25, 0.3) is 43.1 Å². The van der Waals surface area contributed by atoms with Crippen LogP contribution in [0.1, 0.15) is 53.4 Å². The Labute approximate surface area is 246 Å². The molecule has 0 spiro atoms. The van der Waals surface area contributed by atoms with Crippen LogP contribution in [0.4, 0.5) is 0 Å². The van der Waals surface area contributed by atoms with Crippen molar-refractivity contribution in [3.05, 3.63) is 66.4 Å². The second-order valence-electron chi connectivity index (χ2n) is 9.05. The van der Waals surface area contributed by atoms with Gasteiger partial charge in [-0.25, -0.2) is 21.3 Å². The van der Waals surface area contributed by atoms with Gasteiger partial charge in [0.2, 0.25) is 5.65 Å². The molecule has 0 bridgehead atoms. The van der Waals surface area contributed by atoms with Crippen LogP contribution in [0.2, 0.25) is 0 Å². The quantitative estimate of drug-likeness (QED) is 0.0767. The Bertz CT molecular complexity index is 1550. The number of aromatic nitrogens is 5. The van der Waals surface area contributed by atoms with Gasteiger partial charge in [0.25, 0.3) is 0 Å². The van der Waals surface area contributed by atoms with Crippen molar-refractivity contribution < 1.29 is 30.0 Å². The first-order valence-corrected chi connectivity index (χ1v) is 13.9. The molecule has 0 saturated heterocycles. The molecule has 5 aromatic rings. The summed E-state index contributed by atoms with van der Waals surface area (Å²) in [7, 11) is 0. The third kappa shape index (κ3) is 7.29. The topological polar surface area (TPSA) is 102 Å². The van der Waals surface area contributed by atoms with Crippen molar-refractivity contribution in [3.8, 4) is 10.7 Å². The number of aliphatic hydroxyl groups is 1. The van der Waals surface area contributed by atoms with Gasteiger partial charge in [-0.1, -0.05) is 52.0 Å². The molecule has 0 aliphatic heterocycles. The second kappa shape index (κ2) is 14.3. The number of benzene rings is 2. The van der Waals surface area contributed by atoms with E-state index < -0.39 is 0 Å². The molecular weight excluding hydrogens is 687 g/mol. The van der Waals surface area contributed by atoms with Gasteiger partial charge >= 0.3 is 0 Å². The van der Waals surface area contributed by atoms with Gasteiger partial charge < -0.3 is 5.11 Å². The van der Waals surface area contributed by atoms with E-state index in [9.17, 15) is 9.90 Å². The van der Waals surface area contributed by atoms with E-state index in [1.807, 2.05) is 70.2 Å². The van der Waals surface area contributed by atoms with Crippen molar-refractivity contribution in [2.75, 3.05) is 0 Å². The minimum Gasteiger partial charge on any atom is -0.512 e. The van der Waals surface area contributed by atoms with Crippen LogP contribution >= 0.6 is 11.3 Å². The molecule has 39 heavy (non-hydrogen) atoms. The molecule has 5 rings (SSSR count). The van der Waals surface area contributed by atoms with Gasteiger partial charge in [0.05, 0.1) is 16.8 Å². The maximum absolute atomic E-state index is 11.7. The average molecular weight is 719 g/mol. The van der Waals surface area contributed by atoms with Gasteiger partial charge in [-0.15, -0.1) is 28.7 Å². The van der Waals surface area contributed by atoms with E-state index in [2.05, 4.69) is 37.3 Å². The van der Waals surface area contributed by atoms with Crippen LogP contribution in [0.15, 0.2) is 60.4 Å². The zero-order valence-electron chi connectivity index (χ0n) is 22.5. The zero-order chi connectivity index (χ0) is 27.1. The monoisotopic (exact) mass is 719 g/mol. The summed E-state index contributed by atoms with van der Waals surface area (Å²) in [6.07, 6.45) is 4.91. The average Bonchev–Trinajstić information content (AvgIpc) is 3.38. The van der Waals surface area contributed by atoms with Gasteiger partial charge in [-0.05, 0) is 47.4 Å². The van der Waals surface area contributed by atoms with Crippen molar-refractivity contribution in [1.29, 1.82) is 0 Å². The Balaban J connectivity index is 0.000000233. The van der Waals surface area contributed by atoms with Crippen LogP contribution in [0.5, 0.6) is 0 Å². The molecule has 3 aromatic heterocycles. The number of allylic oxidation sites excluding steroid dienone is 2. The van der Waals surface area contributed by atoms with Gasteiger partial charge in [0.15, 0.2) is 11.4 Å². The third-order valence-electron chi connectivity index (χ3n) is 6.62. The molecule has 1 radical (unpaired) electrons. The normalized spacial score (nSPS) is 11.6. The smallest absolute Gasteiger partial charge is 0.218 e. The summed E-state index contributed by atoms with van der Waals surface area (Å²) >= 11 is 1.59. The number of rotatable bonds is 8. The number of nitrogens with zero attached hydrogens (tertiary/aromatic N) is 5. The number of hydrogen-bond acceptors (Lipinski definition) is 8. The van der Waals surface area contributed by atoms with Crippen molar-refractivity contribution in [2.45, 2.75) is 53.4 Å². The number of para-hydroxylation sites is 2. The minimum absolute atomic E-state index is 0. The molecular formula is C30H32IrN5O2S-. The molecule has 0 fully saturated rings. The molecule has 1 N–H and O–H groups in total. The van der Waals surface area contributed by atoms with Crippen molar-refractivity contribution in [2.24, 2.45) is 11.8 Å². The summed E-state index contributed by atoms with van der Waals surface area (Å²) in [6, 6.07) is 19.1. The predicted octanol–water partition coefficient (Wildman–Crippen LogP) is 7.52. The first kappa shape index (κ1) is 30.4. The number of carbonyl (C=O) groups is 1. The summed E-state index contributed by atoms with van der Waals surface area (Å²) in [5.41, 5.74) is 2.54. The number of fused-ring (bicyclic) bond motifs is 3. The first-order valence-electron chi connectivity index (χ1n) is 13.1. The number of thiophene rings is 1. The van der Waals surface area contributed by atoms with Crippen LogP contribution in [0.3, 0.4) is 0 Å². The van der Waals surface area contributed by atoms with Crippen LogP contribution in [0, 0.1) is 17.9 Å². The molecule has 0 amide bonds. The second-order valence-corrected chi connectivity index (χ2v) is 10.1. The zero-order valence-corrected chi connectivity index (χ0v) is 25.7. The van der Waals surface area contributed by atoms with E-state index in [0.717, 1.165) is 51.7 Å². The Morgan fingerprint density at radius 1 is 0.846 bits per heavy atom. The fourth-order valence-electron chi connectivity index (χ4n) is 4.23. The fraction of sp³-hybridized carbons (Fsp3) is 0.333. The van der Waals surface area contributed by atoms with Gasteiger partial charge in [-0.2, -0.15) is 5.10 Å². The van der Waals surface area contributed by atoms with E-state index in [-0.39, 0.29) is 43.5 Å². The summed E-state index contributed by atoms with van der Waals surface area (Å²) in [5, 5.41) is 19.2. The largest absolute Gasteiger partial charge is 0.512 e. The molecule has 0 atom stereocenters. The summed E-state index contributed by atoms with van der Waals surface area (Å²) in [6.45, 7) is 8.07. The predicted molar refractivity (Wildman–Crippen MR) is 154 cm³/mol. The van der Waals surface area contributed by atoms with E-state index in [1.165, 1.54) is 6.08 Å². The molecule has 3 heterocycles. The number of aliphatic hydroxyl groups excluding tert-OH is 1. The molecule has 7 nitrogen and oxygen atoms in total. The maximum atomic E-state index is 11.7. The maximum Gasteiger partial charge on any atom is 0.218 e. The minimum atomic E-state index is 0. The summed E-state index contributed by atoms with van der Waals surface area (Å²) in [4.78, 5) is 26.1. The molecule has 9 heteroatoms. The summed E-state index contributed by atoms with van der Waals surface area (Å²) < 4.78 is 1.15. The number of ketones is 1. The molecule has 0 unspecified atom stereocenters. The molecule has 0 aliphatic carbocycles. The Kier molecular flexibility index (Phi) is 11.2. The van der Waals surface area contributed by atoms with E-state index in [4.69, 9.17) is 0 Å². The molecule has 2 aromatic carbocycles.